The first-order chi connectivity index (χ1) is 65.4. The zero-order valence-corrected chi connectivity index (χ0v) is 85.8. The van der Waals surface area contributed by atoms with Crippen LogP contribution in [0.2, 0.25) is 0 Å². The highest BCUT2D eigenvalue weighted by Gasteiger charge is 2.41. The van der Waals surface area contributed by atoms with Gasteiger partial charge in [0.25, 0.3) is 0 Å². The van der Waals surface area contributed by atoms with Crippen LogP contribution in [0.1, 0.15) is 192 Å². The Morgan fingerprint density at radius 1 is 0.410 bits per heavy atom. The van der Waals surface area contributed by atoms with Crippen LogP contribution < -0.4 is 108 Å². The van der Waals surface area contributed by atoms with Crippen molar-refractivity contribution in [3.05, 3.63) is 54.2 Å². The quantitative estimate of drug-likeness (QED) is 0.0211. The van der Waals surface area contributed by atoms with Gasteiger partial charge in [-0.1, -0.05) is 115 Å². The first kappa shape index (κ1) is 122. The molecule has 2 heterocycles. The van der Waals surface area contributed by atoms with E-state index in [4.69, 9.17) is 17.2 Å². The molecule has 27 N–H and O–H groups in total. The predicted octanol–water partition coefficient (Wildman–Crippen LogP) is -2.16. The normalized spacial score (nSPS) is 15.2. The maximum absolute atomic E-state index is 14.7. The number of H-pyrrole nitrogens is 2. The number of thiol groups is 3. The van der Waals surface area contributed by atoms with Gasteiger partial charge < -0.3 is 128 Å². The number of rotatable bonds is 66. The van der Waals surface area contributed by atoms with Crippen LogP contribution in [-0.4, -0.2) is 289 Å². The van der Waals surface area contributed by atoms with Gasteiger partial charge in [-0.05, 0) is 149 Å². The van der Waals surface area contributed by atoms with Crippen LogP contribution in [0, 0.1) is 41.4 Å². The summed E-state index contributed by atoms with van der Waals surface area (Å²) in [7, 11) is 0. The number of carboxylic acids is 1. The highest BCUT2D eigenvalue weighted by molar-refractivity contribution is 7.98. The van der Waals surface area contributed by atoms with Crippen LogP contribution in [0.5, 0.6) is 0 Å². The summed E-state index contributed by atoms with van der Waals surface area (Å²) in [5, 5.41) is 64.8. The molecule has 2 aromatic heterocycles. The number of primary amides is 1. The van der Waals surface area contributed by atoms with Gasteiger partial charge in [0.15, 0.2) is 0 Å². The summed E-state index contributed by atoms with van der Waals surface area (Å²) < 4.78 is 0. The number of carbonyl (C=O) groups excluding carboxylic acids is 18. The Morgan fingerprint density at radius 3 is 1.21 bits per heavy atom. The van der Waals surface area contributed by atoms with E-state index < -0.39 is 247 Å². The maximum Gasteiger partial charge on any atom is 0.327 e. The predicted molar refractivity (Wildman–Crippen MR) is 534 cm³/mol. The molecule has 3 rings (SSSR count). The number of thioether (sulfide) groups is 1. The first-order valence-electron chi connectivity index (χ1n) is 47.0. The Kier molecular flexibility index (Phi) is 55.5. The number of benzene rings is 1. The van der Waals surface area contributed by atoms with Crippen molar-refractivity contribution in [1.82, 2.24) is 105 Å². The number of carboxylic acid groups (broad SMARTS) is 1. The van der Waals surface area contributed by atoms with E-state index in [0.29, 0.717) is 53.7 Å². The number of fused-ring (bicyclic) bond motifs is 1. The molecule has 0 saturated heterocycles. The molecule has 0 bridgehead atoms. The standard InChI is InChI=1S/C91H151N23O21S4/c1-45(2)29-60(80(123)99-52(15)75(118)101-59(24-25-72(94)116)79(122)103-61(30-46(3)4)82(125)108-66(35-53-37-96-57-22-18-17-21-55(53)57)77(120)97-39-73(117)100-69(41-136)88(131)109-67(36-54-38-95-44-98-54)85(128)113-71(43-138)91(134)135)107-89(132)70(42-137)112-84(127)63(32-48(7)8)105-81(124)62(31-47(5)6)104-83(126)64(33-49(9)10)110-90(133)74(51(13)14)114-86(129)65(34-50(11)12)106-87(130)68(40-115)111-78(121)58(23-19-20-27-92)102-76(119)56(93)26-28-139-16/h17-18,21-22,37-38,44-52,56,58-71,74,96,115,136-138H,19-20,23-36,39-43,92-93H2,1-16H3,(H2,94,116)(H,95,98)(H,97,120)(H,99,123)(H,100,117)(H,101,118)(H,102,119)(H,103,122)(H,104,126)(H,105,124)(H,106,130)(H,107,132)(H,108,125)(H,109,131)(H,110,133)(H,111,121)(H,112,127)(H,113,128)(H,114,129)(H,134,135)/t52-,56-,58-,59-,60-,61-,62-,63-,64-,65-,66-,67-,68-,69-,70-,71-,74-/m0/s1. The van der Waals surface area contributed by atoms with Crippen LogP contribution in [0.4, 0.5) is 0 Å². The van der Waals surface area contributed by atoms with E-state index in [1.165, 1.54) is 31.2 Å². The van der Waals surface area contributed by atoms with Gasteiger partial charge >= 0.3 is 5.97 Å². The smallest absolute Gasteiger partial charge is 0.327 e. The summed E-state index contributed by atoms with van der Waals surface area (Å²) in [5.74, 6) is -19.8. The molecular formula is C91H151N23O21S4. The summed E-state index contributed by atoms with van der Waals surface area (Å²) in [4.78, 5) is 275. The number of nitrogens with two attached hydrogens (primary N) is 3. The van der Waals surface area contributed by atoms with Crippen LogP contribution in [0.3, 0.4) is 0 Å². The number of hydrogen-bond donors (Lipinski definition) is 27. The topological polar surface area (TPSA) is 692 Å². The summed E-state index contributed by atoms with van der Waals surface area (Å²) in [6.07, 6.45) is 6.20. The summed E-state index contributed by atoms with van der Waals surface area (Å²) in [6, 6.07) is -16.5. The molecule has 780 valence electrons. The van der Waals surface area contributed by atoms with Crippen molar-refractivity contribution in [3.63, 3.8) is 0 Å². The van der Waals surface area contributed by atoms with Crippen molar-refractivity contribution in [2.45, 2.75) is 296 Å². The van der Waals surface area contributed by atoms with Crippen LogP contribution in [-0.2, 0) is 104 Å². The number of nitrogens with zero attached hydrogens (tertiary/aromatic N) is 1. The lowest BCUT2D eigenvalue weighted by Gasteiger charge is -2.30. The van der Waals surface area contributed by atoms with Gasteiger partial charge in [-0.25, -0.2) is 9.78 Å². The number of unbranched alkanes of at least 4 members (excludes halogenated alkanes) is 1. The van der Waals surface area contributed by atoms with Crippen molar-refractivity contribution in [2.24, 2.45) is 58.6 Å². The fourth-order valence-corrected chi connectivity index (χ4v) is 15.7. The molecule has 1 aromatic carbocycles. The number of para-hydroxylation sites is 1. The largest absolute Gasteiger partial charge is 0.480 e. The van der Waals surface area contributed by atoms with Gasteiger partial charge in [0, 0.05) is 65.5 Å². The lowest BCUT2D eigenvalue weighted by Crippen LogP contribution is -2.62. The van der Waals surface area contributed by atoms with Gasteiger partial charge in [-0.2, -0.15) is 49.6 Å². The third-order valence-corrected chi connectivity index (χ3v) is 23.7. The van der Waals surface area contributed by atoms with Gasteiger partial charge in [0.2, 0.25) is 106 Å². The third kappa shape index (κ3) is 44.7. The first-order valence-corrected chi connectivity index (χ1v) is 50.2. The van der Waals surface area contributed by atoms with Gasteiger partial charge in [-0.15, -0.1) is 0 Å². The SMILES string of the molecule is CSCC[C@H](N)C(=O)N[C@@H](CCCCN)C(=O)N[C@@H](CO)C(=O)N[C@@H](CC(C)C)C(=O)N[C@H](C(=O)N[C@@H](CC(C)C)C(=O)N[C@@H](CC(C)C)C(=O)N[C@@H](CC(C)C)C(=O)N[C@@H](CS)C(=O)N[C@@H](CC(C)C)C(=O)N[C@@H](C)C(=O)N[C@@H](CCC(N)=O)C(=O)N[C@@H](CC(C)C)C(=O)N[C@@H](Cc1c[nH]c2ccccc12)C(=O)NCC(=O)N[C@@H](CS)C(=O)N[C@@H](Cc1cnc[nH]1)C(=O)N[C@@H](CS)C(=O)O)C(C)C. The van der Waals surface area contributed by atoms with E-state index in [0.717, 1.165) is 0 Å². The number of aliphatic carboxylic acids is 1. The average molecular weight is 2030 g/mol. The van der Waals surface area contributed by atoms with Crippen molar-refractivity contribution >= 4 is 173 Å². The van der Waals surface area contributed by atoms with E-state index >= 15 is 0 Å². The molecule has 0 radical (unpaired) electrons. The van der Waals surface area contributed by atoms with E-state index in [2.05, 4.69) is 143 Å². The summed E-state index contributed by atoms with van der Waals surface area (Å²) in [6.45, 7) is 24.3. The Morgan fingerprint density at radius 2 is 0.784 bits per heavy atom. The molecule has 44 nitrogen and oxygen atoms in total. The zero-order valence-electron chi connectivity index (χ0n) is 82.3. The minimum absolute atomic E-state index is 0.00745. The third-order valence-electron chi connectivity index (χ3n) is 21.9. The molecule has 17 atom stereocenters. The molecule has 48 heteroatoms. The minimum atomic E-state index is -1.62. The number of aromatic nitrogens is 3. The molecular weight excluding hydrogens is 1880 g/mol. The Labute approximate surface area is 833 Å². The number of aromatic amines is 2. The Hall–Kier alpha value is -10.8. The van der Waals surface area contributed by atoms with Crippen molar-refractivity contribution in [2.75, 3.05) is 49.0 Å². The van der Waals surface area contributed by atoms with Gasteiger partial charge in [-0.3, -0.25) is 86.3 Å². The molecule has 3 aromatic rings. The molecule has 18 amide bonds. The summed E-state index contributed by atoms with van der Waals surface area (Å²) in [5.41, 5.74) is 18.9. The highest BCUT2D eigenvalue weighted by atomic mass is 32.2. The van der Waals surface area contributed by atoms with E-state index in [1.54, 1.807) is 127 Å². The molecule has 0 aliphatic carbocycles. The number of hydrogen-bond acceptors (Lipinski definition) is 27. The van der Waals surface area contributed by atoms with Crippen molar-refractivity contribution in [3.8, 4) is 0 Å². The van der Waals surface area contributed by atoms with Crippen LogP contribution in [0.25, 0.3) is 10.9 Å². The molecule has 0 fully saturated rings. The molecule has 0 spiro atoms. The second kappa shape index (κ2) is 63.1. The molecule has 0 saturated carbocycles. The second-order valence-corrected chi connectivity index (χ2v) is 39.5. The number of imidazole rings is 1. The molecule has 0 unspecified atom stereocenters. The molecule has 0 aliphatic heterocycles. The number of amides is 18. The fraction of sp³-hybridized carbons (Fsp3) is 0.670. The second-order valence-electron chi connectivity index (χ2n) is 37.5. The number of carbonyl (C=O) groups is 19. The van der Waals surface area contributed by atoms with Crippen LogP contribution >= 0.6 is 49.6 Å². The van der Waals surface area contributed by atoms with Gasteiger partial charge in [0.05, 0.1) is 25.5 Å². The monoisotopic (exact) mass is 2030 g/mol. The molecule has 139 heavy (non-hydrogen) atoms. The number of aliphatic hydroxyl groups excluding tert-OH is 1. The van der Waals surface area contributed by atoms with Crippen molar-refractivity contribution < 1.29 is 101 Å². The van der Waals surface area contributed by atoms with Crippen LogP contribution in [0.15, 0.2) is 43.0 Å². The van der Waals surface area contributed by atoms with Gasteiger partial charge in [0.1, 0.15) is 96.7 Å². The summed E-state index contributed by atoms with van der Waals surface area (Å²) >= 11 is 14.1. The maximum atomic E-state index is 14.7. The Balaban J connectivity index is 1.84. The lowest BCUT2D eigenvalue weighted by atomic mass is 9.97. The Bertz CT molecular complexity index is 4540. The molecule has 0 aliphatic rings. The average Bonchev–Trinajstić information content (AvgIpc) is 1.70. The lowest BCUT2D eigenvalue weighted by molar-refractivity contribution is -0.141. The van der Waals surface area contributed by atoms with E-state index in [1.807, 2.05) is 6.26 Å². The fourth-order valence-electron chi connectivity index (χ4n) is 14.5. The highest BCUT2D eigenvalue weighted by Crippen LogP contribution is 2.22. The zero-order chi connectivity index (χ0) is 105. The van der Waals surface area contributed by atoms with E-state index in [-0.39, 0.29) is 111 Å². The minimum Gasteiger partial charge on any atom is -0.480 e. The van der Waals surface area contributed by atoms with E-state index in [9.17, 15) is 101 Å². The number of nitrogens with one attached hydrogen (secondary N) is 19. The van der Waals surface area contributed by atoms with Crippen molar-refractivity contribution in [1.29, 1.82) is 0 Å². The number of aliphatic hydroxyl groups is 1.